The Morgan fingerprint density at radius 3 is 2.78 bits per heavy atom. The van der Waals surface area contributed by atoms with Gasteiger partial charge in [-0.25, -0.2) is 0 Å². The monoisotopic (exact) mass is 275 g/mol. The van der Waals surface area contributed by atoms with Crippen LogP contribution in [0.15, 0.2) is 0 Å². The van der Waals surface area contributed by atoms with Crippen LogP contribution in [-0.4, -0.2) is 41.9 Å². The fourth-order valence-corrected chi connectivity index (χ4v) is 2.88. The molecule has 3 atom stereocenters. The van der Waals surface area contributed by atoms with Gasteiger partial charge >= 0.3 is 0 Å². The van der Waals surface area contributed by atoms with E-state index >= 15 is 0 Å². The van der Waals surface area contributed by atoms with Crippen LogP contribution in [0.25, 0.3) is 0 Å². The lowest BCUT2D eigenvalue weighted by Crippen LogP contribution is -2.55. The summed E-state index contributed by atoms with van der Waals surface area (Å²) in [5, 5.41) is 2.74. The van der Waals surface area contributed by atoms with Crippen molar-refractivity contribution in [2.24, 2.45) is 11.7 Å². The van der Waals surface area contributed by atoms with Crippen LogP contribution in [0.5, 0.6) is 0 Å². The molecule has 2 aliphatic rings. The Bertz CT molecular complexity index is 324. The van der Waals surface area contributed by atoms with Crippen LogP contribution in [0.3, 0.4) is 0 Å². The topological polar surface area (TPSA) is 75.4 Å². The first-order valence-corrected chi connectivity index (χ1v) is 6.43. The van der Waals surface area contributed by atoms with Crippen molar-refractivity contribution in [3.63, 3.8) is 0 Å². The van der Waals surface area contributed by atoms with Crippen molar-refractivity contribution >= 4 is 24.2 Å². The lowest BCUT2D eigenvalue weighted by Gasteiger charge is -2.40. The molecule has 18 heavy (non-hydrogen) atoms. The van der Waals surface area contributed by atoms with Crippen molar-refractivity contribution in [2.75, 3.05) is 13.1 Å². The summed E-state index contributed by atoms with van der Waals surface area (Å²) in [6.45, 7) is 3.43. The highest BCUT2D eigenvalue weighted by molar-refractivity contribution is 5.91. The molecule has 3 unspecified atom stereocenters. The van der Waals surface area contributed by atoms with Crippen LogP contribution in [0.4, 0.5) is 0 Å². The third kappa shape index (κ3) is 2.95. The second-order valence-corrected chi connectivity index (χ2v) is 5.11. The number of carbonyl (C=O) groups excluding carboxylic acids is 2. The van der Waals surface area contributed by atoms with Gasteiger partial charge in [0.1, 0.15) is 6.04 Å². The van der Waals surface area contributed by atoms with Crippen LogP contribution in [0.1, 0.15) is 32.6 Å². The molecule has 0 aromatic rings. The molecule has 104 valence electrons. The molecule has 0 radical (unpaired) electrons. The van der Waals surface area contributed by atoms with Crippen molar-refractivity contribution in [2.45, 2.75) is 44.7 Å². The Balaban J connectivity index is 0.00000162. The molecule has 3 N–H and O–H groups in total. The number of nitrogens with zero attached hydrogens (tertiary/aromatic N) is 1. The third-order valence-electron chi connectivity index (χ3n) is 3.93. The Kier molecular flexibility index (Phi) is 5.41. The summed E-state index contributed by atoms with van der Waals surface area (Å²) in [6, 6.07) is -0.185. The van der Waals surface area contributed by atoms with E-state index in [4.69, 9.17) is 5.73 Å². The summed E-state index contributed by atoms with van der Waals surface area (Å²) in [4.78, 5) is 25.3. The van der Waals surface area contributed by atoms with Crippen LogP contribution in [-0.2, 0) is 9.59 Å². The Hall–Kier alpha value is -0.810. The number of rotatable bonds is 2. The summed E-state index contributed by atoms with van der Waals surface area (Å²) < 4.78 is 0. The summed E-state index contributed by atoms with van der Waals surface area (Å²) in [7, 11) is 0. The van der Waals surface area contributed by atoms with E-state index in [0.29, 0.717) is 25.3 Å². The van der Waals surface area contributed by atoms with Crippen molar-refractivity contribution in [3.8, 4) is 0 Å². The maximum atomic E-state index is 12.3. The number of carbonyl (C=O) groups is 2. The molecule has 0 saturated carbocycles. The van der Waals surface area contributed by atoms with E-state index in [1.807, 2.05) is 4.90 Å². The standard InChI is InChI=1S/C12H21N3O2.ClH/c1-8-3-2-6-15(10(8)7-13)12(17)9-4-5-11(16)14-9;/h8-10H,2-7,13H2,1H3,(H,14,16);1H. The summed E-state index contributed by atoms with van der Waals surface area (Å²) in [5.74, 6) is 0.491. The average molecular weight is 276 g/mol. The van der Waals surface area contributed by atoms with E-state index < -0.39 is 0 Å². The van der Waals surface area contributed by atoms with E-state index in [2.05, 4.69) is 12.2 Å². The number of piperidine rings is 1. The SMILES string of the molecule is CC1CCCN(C(=O)C2CCC(=O)N2)C1CN.Cl. The zero-order valence-corrected chi connectivity index (χ0v) is 11.5. The fraction of sp³-hybridized carbons (Fsp3) is 0.833. The van der Waals surface area contributed by atoms with Gasteiger partial charge in [-0.15, -0.1) is 12.4 Å². The number of nitrogens with two attached hydrogens (primary N) is 1. The van der Waals surface area contributed by atoms with Crippen molar-refractivity contribution in [1.29, 1.82) is 0 Å². The maximum absolute atomic E-state index is 12.3. The minimum atomic E-state index is -0.318. The van der Waals surface area contributed by atoms with Crippen LogP contribution in [0.2, 0.25) is 0 Å². The normalized spacial score (nSPS) is 31.8. The van der Waals surface area contributed by atoms with Gasteiger partial charge in [0.05, 0.1) is 0 Å². The average Bonchev–Trinajstić information content (AvgIpc) is 2.74. The Labute approximate surface area is 114 Å². The molecule has 0 aromatic heterocycles. The number of likely N-dealkylation sites (tertiary alicyclic amines) is 1. The molecule has 6 heteroatoms. The van der Waals surface area contributed by atoms with Gasteiger partial charge in [-0.2, -0.15) is 0 Å². The number of hydrogen-bond acceptors (Lipinski definition) is 3. The van der Waals surface area contributed by atoms with Gasteiger partial charge < -0.3 is 16.0 Å². The quantitative estimate of drug-likeness (QED) is 0.760. The van der Waals surface area contributed by atoms with E-state index in [1.165, 1.54) is 0 Å². The molecule has 2 fully saturated rings. The minimum Gasteiger partial charge on any atom is -0.344 e. The zero-order valence-electron chi connectivity index (χ0n) is 10.7. The second-order valence-electron chi connectivity index (χ2n) is 5.11. The predicted molar refractivity (Wildman–Crippen MR) is 71.4 cm³/mol. The lowest BCUT2D eigenvalue weighted by atomic mass is 9.90. The van der Waals surface area contributed by atoms with Gasteiger partial charge in [0.15, 0.2) is 0 Å². The molecule has 2 amide bonds. The molecule has 0 aromatic carbocycles. The van der Waals surface area contributed by atoms with Gasteiger partial charge in [0.25, 0.3) is 0 Å². The van der Waals surface area contributed by atoms with E-state index in [0.717, 1.165) is 19.4 Å². The summed E-state index contributed by atoms with van der Waals surface area (Å²) in [5.41, 5.74) is 5.77. The third-order valence-corrected chi connectivity index (χ3v) is 3.93. The van der Waals surface area contributed by atoms with Crippen LogP contribution in [0, 0.1) is 5.92 Å². The zero-order chi connectivity index (χ0) is 12.4. The fourth-order valence-electron chi connectivity index (χ4n) is 2.88. The number of halogens is 1. The second kappa shape index (κ2) is 6.38. The molecule has 2 saturated heterocycles. The molecule has 2 rings (SSSR count). The molecular weight excluding hydrogens is 254 g/mol. The Morgan fingerprint density at radius 2 is 2.22 bits per heavy atom. The molecule has 0 aliphatic carbocycles. The number of amides is 2. The number of hydrogen-bond donors (Lipinski definition) is 2. The summed E-state index contributed by atoms with van der Waals surface area (Å²) >= 11 is 0. The number of nitrogens with one attached hydrogen (secondary N) is 1. The van der Waals surface area contributed by atoms with E-state index in [-0.39, 0.29) is 36.3 Å². The van der Waals surface area contributed by atoms with Crippen LogP contribution < -0.4 is 11.1 Å². The Morgan fingerprint density at radius 1 is 1.50 bits per heavy atom. The van der Waals surface area contributed by atoms with Gasteiger partial charge in [-0.3, -0.25) is 9.59 Å². The van der Waals surface area contributed by atoms with Gasteiger partial charge in [-0.1, -0.05) is 6.92 Å². The van der Waals surface area contributed by atoms with Gasteiger partial charge in [-0.05, 0) is 25.2 Å². The largest absolute Gasteiger partial charge is 0.344 e. The van der Waals surface area contributed by atoms with Crippen LogP contribution >= 0.6 is 12.4 Å². The molecule has 0 spiro atoms. The van der Waals surface area contributed by atoms with Crippen molar-refractivity contribution in [3.05, 3.63) is 0 Å². The molecule has 2 aliphatic heterocycles. The van der Waals surface area contributed by atoms with E-state index in [1.54, 1.807) is 0 Å². The smallest absolute Gasteiger partial charge is 0.245 e. The van der Waals surface area contributed by atoms with Gasteiger partial charge in [0, 0.05) is 25.6 Å². The molecular formula is C12H22ClN3O2. The first kappa shape index (κ1) is 15.2. The first-order chi connectivity index (χ1) is 8.13. The maximum Gasteiger partial charge on any atom is 0.245 e. The molecule has 5 nitrogen and oxygen atoms in total. The highest BCUT2D eigenvalue weighted by atomic mass is 35.5. The lowest BCUT2D eigenvalue weighted by molar-refractivity contribution is -0.138. The van der Waals surface area contributed by atoms with Gasteiger partial charge in [0.2, 0.25) is 11.8 Å². The first-order valence-electron chi connectivity index (χ1n) is 6.43. The highest BCUT2D eigenvalue weighted by Gasteiger charge is 2.36. The summed E-state index contributed by atoms with van der Waals surface area (Å²) in [6.07, 6.45) is 3.25. The predicted octanol–water partition coefficient (Wildman–Crippen LogP) is 0.273. The van der Waals surface area contributed by atoms with Crippen molar-refractivity contribution in [1.82, 2.24) is 10.2 Å². The van der Waals surface area contributed by atoms with E-state index in [9.17, 15) is 9.59 Å². The molecule has 2 heterocycles. The minimum absolute atomic E-state index is 0. The highest BCUT2D eigenvalue weighted by Crippen LogP contribution is 2.24. The van der Waals surface area contributed by atoms with Crippen molar-refractivity contribution < 1.29 is 9.59 Å². The molecule has 0 bridgehead atoms.